The Morgan fingerprint density at radius 1 is 1.53 bits per heavy atom. The number of carboxylic acid groups (broad SMARTS) is 1. The van der Waals surface area contributed by atoms with Gasteiger partial charge in [-0.3, -0.25) is 14.5 Å². The molecule has 15 heavy (non-hydrogen) atoms. The van der Waals surface area contributed by atoms with Crippen molar-refractivity contribution < 1.29 is 19.2 Å². The Kier molecular flexibility index (Phi) is 3.81. The first kappa shape index (κ1) is 11.2. The molecule has 7 heteroatoms. The van der Waals surface area contributed by atoms with Gasteiger partial charge in [-0.05, 0) is 0 Å². The summed E-state index contributed by atoms with van der Waals surface area (Å²) in [5.74, 6) is -1.14. The van der Waals surface area contributed by atoms with Crippen LogP contribution in [0.3, 0.4) is 0 Å². The second-order valence-electron chi connectivity index (χ2n) is 2.98. The molecule has 0 aromatic carbocycles. The molecule has 0 radical (unpaired) electrons. The second kappa shape index (κ2) is 5.11. The Morgan fingerprint density at radius 2 is 2.27 bits per heavy atom. The van der Waals surface area contributed by atoms with Gasteiger partial charge in [0.25, 0.3) is 0 Å². The summed E-state index contributed by atoms with van der Waals surface area (Å²) in [6, 6.07) is 1.59. The molecule has 0 aliphatic carbocycles. The van der Waals surface area contributed by atoms with Gasteiger partial charge in [0.2, 0.25) is 5.91 Å². The highest BCUT2D eigenvalue weighted by Crippen LogP contribution is 2.02. The fourth-order valence-corrected chi connectivity index (χ4v) is 1.12. The van der Waals surface area contributed by atoms with Crippen LogP contribution in [0.4, 0.5) is 0 Å². The van der Waals surface area contributed by atoms with Gasteiger partial charge in [0.05, 0.1) is 25.8 Å². The smallest absolute Gasteiger partial charge is 0.317 e. The fraction of sp³-hybridized carbons (Fsp3) is 0.375. The predicted molar refractivity (Wildman–Crippen MR) is 48.6 cm³/mol. The first-order valence-electron chi connectivity index (χ1n) is 4.20. The van der Waals surface area contributed by atoms with Gasteiger partial charge in [-0.25, -0.2) is 0 Å². The number of hydrogen-bond acceptors (Lipinski definition) is 5. The molecule has 0 bridgehead atoms. The zero-order valence-corrected chi connectivity index (χ0v) is 7.92. The van der Waals surface area contributed by atoms with Crippen LogP contribution in [-0.4, -0.2) is 40.1 Å². The Balaban J connectivity index is 2.55. The summed E-state index contributed by atoms with van der Waals surface area (Å²) in [7, 11) is 0. The van der Waals surface area contributed by atoms with Gasteiger partial charge >= 0.3 is 5.97 Å². The first-order chi connectivity index (χ1) is 7.08. The summed E-state index contributed by atoms with van der Waals surface area (Å²) in [5.41, 5.74) is 4.98. The predicted octanol–water partition coefficient (Wildman–Crippen LogP) is -0.953. The lowest BCUT2D eigenvalue weighted by Crippen LogP contribution is -2.36. The summed E-state index contributed by atoms with van der Waals surface area (Å²) in [6.07, 6.45) is 1.44. The molecular weight excluding hydrogens is 202 g/mol. The largest absolute Gasteiger partial charge is 0.480 e. The van der Waals surface area contributed by atoms with E-state index in [-0.39, 0.29) is 19.6 Å². The van der Waals surface area contributed by atoms with Crippen molar-refractivity contribution in [1.29, 1.82) is 0 Å². The van der Waals surface area contributed by atoms with E-state index in [1.165, 1.54) is 11.1 Å². The molecule has 0 aliphatic heterocycles. The van der Waals surface area contributed by atoms with Crippen molar-refractivity contribution in [3.8, 4) is 0 Å². The third-order valence-corrected chi connectivity index (χ3v) is 1.61. The monoisotopic (exact) mass is 213 g/mol. The van der Waals surface area contributed by atoms with Gasteiger partial charge in [0.1, 0.15) is 0 Å². The molecule has 0 saturated heterocycles. The molecule has 1 heterocycles. The summed E-state index contributed by atoms with van der Waals surface area (Å²) >= 11 is 0. The number of amides is 1. The maximum absolute atomic E-state index is 10.7. The quantitative estimate of drug-likeness (QED) is 0.630. The normalized spacial score (nSPS) is 10.5. The van der Waals surface area contributed by atoms with E-state index in [9.17, 15) is 9.59 Å². The summed E-state index contributed by atoms with van der Waals surface area (Å²) in [5, 5.41) is 12.1. The molecule has 1 rings (SSSR count). The Bertz CT molecular complexity index is 320. The number of primary amides is 1. The van der Waals surface area contributed by atoms with Crippen LogP contribution in [0, 0.1) is 0 Å². The highest BCUT2D eigenvalue weighted by atomic mass is 16.5. The van der Waals surface area contributed by atoms with Crippen LogP contribution in [0.1, 0.15) is 5.76 Å². The second-order valence-corrected chi connectivity index (χ2v) is 2.98. The highest BCUT2D eigenvalue weighted by molar-refractivity contribution is 5.77. The molecule has 1 aromatic heterocycles. The zero-order valence-electron chi connectivity index (χ0n) is 7.92. The summed E-state index contributed by atoms with van der Waals surface area (Å²) < 4.78 is 4.79. The number of nitrogens with zero attached hydrogens (tertiary/aromatic N) is 2. The van der Waals surface area contributed by atoms with E-state index >= 15 is 0 Å². The number of carboxylic acids is 1. The van der Waals surface area contributed by atoms with Crippen LogP contribution in [0.5, 0.6) is 0 Å². The van der Waals surface area contributed by atoms with Crippen molar-refractivity contribution in [2.45, 2.75) is 6.54 Å². The Hall–Kier alpha value is -1.89. The fourth-order valence-electron chi connectivity index (χ4n) is 1.12. The molecule has 0 spiro atoms. The van der Waals surface area contributed by atoms with Gasteiger partial charge < -0.3 is 15.4 Å². The van der Waals surface area contributed by atoms with Gasteiger partial charge in [-0.2, -0.15) is 0 Å². The van der Waals surface area contributed by atoms with Crippen LogP contribution in [0.25, 0.3) is 0 Å². The lowest BCUT2D eigenvalue weighted by atomic mass is 10.3. The third-order valence-electron chi connectivity index (χ3n) is 1.61. The van der Waals surface area contributed by atoms with Crippen molar-refractivity contribution in [3.05, 3.63) is 18.0 Å². The molecule has 0 unspecified atom stereocenters. The van der Waals surface area contributed by atoms with E-state index in [4.69, 9.17) is 15.4 Å². The molecule has 0 aliphatic rings. The number of aromatic nitrogens is 1. The summed E-state index contributed by atoms with van der Waals surface area (Å²) in [6.45, 7) is -0.216. The minimum Gasteiger partial charge on any atom is -0.480 e. The van der Waals surface area contributed by atoms with Crippen molar-refractivity contribution in [2.75, 3.05) is 13.1 Å². The number of nitrogens with two attached hydrogens (primary N) is 1. The Morgan fingerprint density at radius 3 is 2.73 bits per heavy atom. The highest BCUT2D eigenvalue weighted by Gasteiger charge is 2.14. The average molecular weight is 213 g/mol. The SMILES string of the molecule is NC(=O)CN(CC(=O)O)Cc1ccno1. The van der Waals surface area contributed by atoms with Crippen molar-refractivity contribution in [1.82, 2.24) is 10.1 Å². The molecule has 7 nitrogen and oxygen atoms in total. The number of aliphatic carboxylic acids is 1. The van der Waals surface area contributed by atoms with Crippen molar-refractivity contribution in [2.24, 2.45) is 5.73 Å². The van der Waals surface area contributed by atoms with Crippen LogP contribution < -0.4 is 5.73 Å². The molecule has 3 N–H and O–H groups in total. The number of hydrogen-bond donors (Lipinski definition) is 2. The maximum atomic E-state index is 10.7. The van der Waals surface area contributed by atoms with E-state index < -0.39 is 11.9 Å². The van der Waals surface area contributed by atoms with Crippen LogP contribution in [-0.2, 0) is 16.1 Å². The van der Waals surface area contributed by atoms with Gasteiger partial charge in [0, 0.05) is 6.07 Å². The standard InChI is InChI=1S/C8H11N3O4/c9-7(12)4-11(5-8(13)14)3-6-1-2-10-15-6/h1-2H,3-5H2,(H2,9,12)(H,13,14). The van der Waals surface area contributed by atoms with Crippen molar-refractivity contribution in [3.63, 3.8) is 0 Å². The molecule has 82 valence electrons. The van der Waals surface area contributed by atoms with Gasteiger partial charge in [-0.1, -0.05) is 5.16 Å². The minimum atomic E-state index is -1.03. The van der Waals surface area contributed by atoms with Gasteiger partial charge in [-0.15, -0.1) is 0 Å². The van der Waals surface area contributed by atoms with E-state index in [0.29, 0.717) is 5.76 Å². The van der Waals surface area contributed by atoms with Crippen LogP contribution in [0.15, 0.2) is 16.8 Å². The lowest BCUT2D eigenvalue weighted by molar-refractivity contribution is -0.138. The van der Waals surface area contributed by atoms with E-state index in [1.54, 1.807) is 6.07 Å². The van der Waals surface area contributed by atoms with Gasteiger partial charge in [0.15, 0.2) is 5.76 Å². The van der Waals surface area contributed by atoms with E-state index in [0.717, 1.165) is 0 Å². The van der Waals surface area contributed by atoms with Crippen LogP contribution >= 0.6 is 0 Å². The molecule has 0 saturated carbocycles. The molecule has 1 amide bonds. The number of carbonyl (C=O) groups is 2. The first-order valence-corrected chi connectivity index (χ1v) is 4.20. The van der Waals surface area contributed by atoms with E-state index in [2.05, 4.69) is 5.16 Å². The van der Waals surface area contributed by atoms with E-state index in [1.807, 2.05) is 0 Å². The van der Waals surface area contributed by atoms with Crippen molar-refractivity contribution >= 4 is 11.9 Å². The topological polar surface area (TPSA) is 110 Å². The van der Waals surface area contributed by atoms with Crippen LogP contribution in [0.2, 0.25) is 0 Å². The maximum Gasteiger partial charge on any atom is 0.317 e. The molecular formula is C8H11N3O4. The Labute approximate surface area is 85.4 Å². The average Bonchev–Trinajstić information content (AvgIpc) is 2.53. The molecule has 1 aromatic rings. The molecule has 0 fully saturated rings. The third kappa shape index (κ3) is 4.23. The number of rotatable bonds is 6. The zero-order chi connectivity index (χ0) is 11.3. The molecule has 0 atom stereocenters. The lowest BCUT2D eigenvalue weighted by Gasteiger charge is -2.15. The summed E-state index contributed by atoms with van der Waals surface area (Å²) in [4.78, 5) is 22.5. The number of carbonyl (C=O) groups excluding carboxylic acids is 1. The minimum absolute atomic E-state index is 0.132.